The molecule has 0 radical (unpaired) electrons. The molecule has 3 heterocycles. The molecule has 1 aliphatic rings. The number of benzene rings is 1. The molecule has 1 aromatic carbocycles. The molecular weight excluding hydrogens is 466 g/mol. The monoisotopic (exact) mass is 491 g/mol. The fourth-order valence-electron chi connectivity index (χ4n) is 3.92. The van der Waals surface area contributed by atoms with E-state index < -0.39 is 15.1 Å². The highest BCUT2D eigenvalue weighted by atomic mass is 32.2. The predicted octanol–water partition coefficient (Wildman–Crippen LogP) is 3.17. The summed E-state index contributed by atoms with van der Waals surface area (Å²) in [6, 6.07) is 8.81. The molecule has 0 spiro atoms. The Kier molecular flexibility index (Phi) is 6.61. The summed E-state index contributed by atoms with van der Waals surface area (Å²) in [5, 5.41) is 8.35. The van der Waals surface area contributed by atoms with Gasteiger partial charge in [0.05, 0.1) is 38.0 Å². The second kappa shape index (κ2) is 9.44. The zero-order valence-corrected chi connectivity index (χ0v) is 20.2. The summed E-state index contributed by atoms with van der Waals surface area (Å²) in [5.74, 6) is 1.04. The van der Waals surface area contributed by atoms with Gasteiger partial charge in [0.2, 0.25) is 5.75 Å². The number of carbonyl (C=O) groups is 1. The van der Waals surface area contributed by atoms with E-state index in [0.29, 0.717) is 41.5 Å². The SMILES string of the molecule is COc1cc(-c2cc(C(=O)N3CCC(c4cccs4)S(=O)(=O)CC3)[nH]n2)cc(OC)c1OC. The molecule has 1 atom stereocenters. The Hall–Kier alpha value is -3.05. The smallest absolute Gasteiger partial charge is 0.271 e. The number of rotatable bonds is 6. The Morgan fingerprint density at radius 3 is 2.45 bits per heavy atom. The van der Waals surface area contributed by atoms with Crippen molar-refractivity contribution in [1.82, 2.24) is 15.1 Å². The Morgan fingerprint density at radius 1 is 1.12 bits per heavy atom. The molecule has 0 aliphatic carbocycles. The van der Waals surface area contributed by atoms with Crippen LogP contribution in [0.1, 0.15) is 27.0 Å². The van der Waals surface area contributed by atoms with E-state index in [-0.39, 0.29) is 23.9 Å². The number of methoxy groups -OCH3 is 3. The third-order valence-electron chi connectivity index (χ3n) is 5.66. The van der Waals surface area contributed by atoms with E-state index in [2.05, 4.69) is 10.2 Å². The van der Waals surface area contributed by atoms with Crippen LogP contribution in [0.5, 0.6) is 17.2 Å². The van der Waals surface area contributed by atoms with E-state index in [9.17, 15) is 13.2 Å². The van der Waals surface area contributed by atoms with Crippen molar-refractivity contribution in [1.29, 1.82) is 0 Å². The molecule has 1 amide bonds. The van der Waals surface area contributed by atoms with E-state index in [0.717, 1.165) is 4.88 Å². The number of H-pyrrole nitrogens is 1. The third-order valence-corrected chi connectivity index (χ3v) is 8.90. The van der Waals surface area contributed by atoms with Gasteiger partial charge in [-0.25, -0.2) is 8.42 Å². The van der Waals surface area contributed by atoms with Crippen molar-refractivity contribution in [2.45, 2.75) is 11.7 Å². The second-order valence-corrected chi connectivity index (χ2v) is 10.8. The lowest BCUT2D eigenvalue weighted by atomic mass is 10.1. The minimum atomic E-state index is -3.34. The first kappa shape index (κ1) is 23.1. The fourth-order valence-corrected chi connectivity index (χ4v) is 6.92. The van der Waals surface area contributed by atoms with Gasteiger partial charge in [-0.05, 0) is 36.1 Å². The first-order valence-electron chi connectivity index (χ1n) is 10.3. The molecule has 176 valence electrons. The van der Waals surface area contributed by atoms with E-state index in [1.807, 2.05) is 17.5 Å². The van der Waals surface area contributed by atoms with Crippen LogP contribution in [0.15, 0.2) is 35.7 Å². The van der Waals surface area contributed by atoms with Gasteiger partial charge < -0.3 is 19.1 Å². The van der Waals surface area contributed by atoms with Gasteiger partial charge in [-0.15, -0.1) is 11.3 Å². The molecule has 9 nitrogen and oxygen atoms in total. The molecule has 3 aromatic rings. The maximum atomic E-state index is 13.1. The van der Waals surface area contributed by atoms with Crippen LogP contribution >= 0.6 is 11.3 Å². The Bertz CT molecular complexity index is 1210. The van der Waals surface area contributed by atoms with Gasteiger partial charge >= 0.3 is 0 Å². The fraction of sp³-hybridized carbons (Fsp3) is 0.364. The van der Waals surface area contributed by atoms with Gasteiger partial charge in [-0.1, -0.05) is 6.07 Å². The number of carbonyl (C=O) groups excluding carboxylic acids is 1. The topological polar surface area (TPSA) is 111 Å². The maximum absolute atomic E-state index is 13.1. The number of nitrogens with one attached hydrogen (secondary N) is 1. The van der Waals surface area contributed by atoms with E-state index in [4.69, 9.17) is 14.2 Å². The number of aromatic amines is 1. The van der Waals surface area contributed by atoms with Gasteiger partial charge in [-0.2, -0.15) is 5.10 Å². The Morgan fingerprint density at radius 2 is 1.85 bits per heavy atom. The molecule has 33 heavy (non-hydrogen) atoms. The summed E-state index contributed by atoms with van der Waals surface area (Å²) in [6.45, 7) is 0.487. The Balaban J connectivity index is 1.56. The van der Waals surface area contributed by atoms with Gasteiger partial charge in [0.25, 0.3) is 5.91 Å². The van der Waals surface area contributed by atoms with Crippen molar-refractivity contribution < 1.29 is 27.4 Å². The van der Waals surface area contributed by atoms with Crippen LogP contribution in [0.25, 0.3) is 11.3 Å². The normalized spacial score (nSPS) is 17.9. The lowest BCUT2D eigenvalue weighted by Gasteiger charge is -2.18. The van der Waals surface area contributed by atoms with Gasteiger partial charge in [0.1, 0.15) is 5.69 Å². The molecule has 0 bridgehead atoms. The van der Waals surface area contributed by atoms with E-state index in [1.165, 1.54) is 32.7 Å². The second-order valence-electron chi connectivity index (χ2n) is 7.53. The van der Waals surface area contributed by atoms with Crippen molar-refractivity contribution in [2.75, 3.05) is 40.2 Å². The van der Waals surface area contributed by atoms with Crippen molar-refractivity contribution in [3.05, 3.63) is 46.3 Å². The van der Waals surface area contributed by atoms with Crippen LogP contribution in [0, 0.1) is 0 Å². The molecule has 1 N–H and O–H groups in total. The molecular formula is C22H25N3O6S2. The van der Waals surface area contributed by atoms with Crippen LogP contribution < -0.4 is 14.2 Å². The number of sulfone groups is 1. The quantitative estimate of drug-likeness (QED) is 0.564. The molecule has 0 saturated carbocycles. The molecule has 1 unspecified atom stereocenters. The number of hydrogen-bond acceptors (Lipinski definition) is 8. The molecule has 2 aromatic heterocycles. The van der Waals surface area contributed by atoms with Crippen LogP contribution in [-0.2, 0) is 9.84 Å². The summed E-state index contributed by atoms with van der Waals surface area (Å²) in [5.41, 5.74) is 1.48. The third kappa shape index (κ3) is 4.55. The average Bonchev–Trinajstić information content (AvgIpc) is 3.49. The lowest BCUT2D eigenvalue weighted by Crippen LogP contribution is -2.33. The first-order valence-corrected chi connectivity index (χ1v) is 12.9. The molecule has 1 saturated heterocycles. The molecule has 4 rings (SSSR count). The largest absolute Gasteiger partial charge is 0.493 e. The van der Waals surface area contributed by atoms with Crippen molar-refractivity contribution >= 4 is 27.1 Å². The van der Waals surface area contributed by atoms with Crippen LogP contribution in [-0.4, -0.2) is 69.6 Å². The summed E-state index contributed by atoms with van der Waals surface area (Å²) >= 11 is 1.43. The number of amides is 1. The zero-order chi connectivity index (χ0) is 23.6. The molecule has 1 aliphatic heterocycles. The number of nitrogens with zero attached hydrogens (tertiary/aromatic N) is 2. The van der Waals surface area contributed by atoms with Gasteiger partial charge in [0.15, 0.2) is 21.3 Å². The zero-order valence-electron chi connectivity index (χ0n) is 18.5. The highest BCUT2D eigenvalue weighted by Gasteiger charge is 2.34. The highest BCUT2D eigenvalue weighted by Crippen LogP contribution is 2.41. The van der Waals surface area contributed by atoms with Gasteiger partial charge in [-0.3, -0.25) is 9.89 Å². The molecule has 1 fully saturated rings. The summed E-state index contributed by atoms with van der Waals surface area (Å²) < 4.78 is 41.7. The van der Waals surface area contributed by atoms with Crippen molar-refractivity contribution in [3.63, 3.8) is 0 Å². The minimum absolute atomic E-state index is 0.0742. The van der Waals surface area contributed by atoms with Crippen molar-refractivity contribution in [2.24, 2.45) is 0 Å². The number of thiophene rings is 1. The van der Waals surface area contributed by atoms with Crippen LogP contribution in [0.3, 0.4) is 0 Å². The summed E-state index contributed by atoms with van der Waals surface area (Å²) in [6.07, 6.45) is 0.364. The Labute approximate surface area is 196 Å². The number of aromatic nitrogens is 2. The van der Waals surface area contributed by atoms with E-state index >= 15 is 0 Å². The standard InChI is InChI=1S/C22H25N3O6S2/c1-29-17-11-14(12-18(30-2)21(17)31-3)15-13-16(24-23-15)22(26)25-7-6-20(19-5-4-9-32-19)33(27,28)10-8-25/h4-5,9,11-13,20H,6-8,10H2,1-3H3,(H,23,24). The number of ether oxygens (including phenoxy) is 3. The maximum Gasteiger partial charge on any atom is 0.271 e. The van der Waals surface area contributed by atoms with Crippen molar-refractivity contribution in [3.8, 4) is 28.5 Å². The van der Waals surface area contributed by atoms with E-state index in [1.54, 1.807) is 23.1 Å². The number of hydrogen-bond donors (Lipinski definition) is 1. The lowest BCUT2D eigenvalue weighted by molar-refractivity contribution is 0.0760. The highest BCUT2D eigenvalue weighted by molar-refractivity contribution is 7.91. The predicted molar refractivity (Wildman–Crippen MR) is 125 cm³/mol. The van der Waals surface area contributed by atoms with Gasteiger partial charge in [0, 0.05) is 23.5 Å². The summed E-state index contributed by atoms with van der Waals surface area (Å²) in [4.78, 5) is 15.5. The van der Waals surface area contributed by atoms with Crippen LogP contribution in [0.2, 0.25) is 0 Å². The minimum Gasteiger partial charge on any atom is -0.493 e. The molecule has 11 heteroatoms. The summed E-state index contributed by atoms with van der Waals surface area (Å²) in [7, 11) is 1.23. The average molecular weight is 492 g/mol. The van der Waals surface area contributed by atoms with Crippen LogP contribution in [0.4, 0.5) is 0 Å². The first-order chi connectivity index (χ1) is 15.9.